The summed E-state index contributed by atoms with van der Waals surface area (Å²) in [6, 6.07) is 8.18. The number of rotatable bonds is 4. The van der Waals surface area contributed by atoms with E-state index in [1.165, 1.54) is 0 Å². The Labute approximate surface area is 140 Å². The molecule has 1 aliphatic heterocycles. The highest BCUT2D eigenvalue weighted by Gasteiger charge is 2.15. The van der Waals surface area contributed by atoms with E-state index in [2.05, 4.69) is 50.2 Å². The Morgan fingerprint density at radius 1 is 1.14 bits per heavy atom. The fourth-order valence-electron chi connectivity index (χ4n) is 2.18. The Balaban J connectivity index is 1.66. The van der Waals surface area contributed by atoms with Gasteiger partial charge >= 0.3 is 0 Å². The van der Waals surface area contributed by atoms with Crippen LogP contribution in [0.1, 0.15) is 24.3 Å². The van der Waals surface area contributed by atoms with Crippen LogP contribution in [0.25, 0.3) is 0 Å². The summed E-state index contributed by atoms with van der Waals surface area (Å²) in [4.78, 5) is 0. The van der Waals surface area contributed by atoms with Crippen molar-refractivity contribution in [1.29, 1.82) is 0 Å². The predicted molar refractivity (Wildman–Crippen MR) is 86.8 cm³/mol. The van der Waals surface area contributed by atoms with Crippen LogP contribution >= 0.6 is 31.9 Å². The zero-order chi connectivity index (χ0) is 14.8. The molecule has 0 bridgehead atoms. The van der Waals surface area contributed by atoms with Crippen LogP contribution in [-0.4, -0.2) is 13.2 Å². The van der Waals surface area contributed by atoms with Gasteiger partial charge in [0.2, 0.25) is 0 Å². The van der Waals surface area contributed by atoms with Gasteiger partial charge in [0.1, 0.15) is 19.0 Å². The highest BCUT2D eigenvalue weighted by atomic mass is 79.9. The summed E-state index contributed by atoms with van der Waals surface area (Å²) in [5.74, 6) is 2.50. The normalized spacial score (nSPS) is 15.0. The molecule has 1 N–H and O–H groups in total. The molecule has 0 spiro atoms. The summed E-state index contributed by atoms with van der Waals surface area (Å²) in [5.41, 5.74) is 1.16. The lowest BCUT2D eigenvalue weighted by Crippen LogP contribution is -2.19. The van der Waals surface area contributed by atoms with Gasteiger partial charge in [0.05, 0.1) is 11.0 Å². The van der Waals surface area contributed by atoms with Crippen LogP contribution in [0, 0.1) is 0 Å². The van der Waals surface area contributed by atoms with Crippen molar-refractivity contribution in [3.8, 4) is 11.5 Å². The van der Waals surface area contributed by atoms with Crippen molar-refractivity contribution in [3.05, 3.63) is 44.7 Å². The van der Waals surface area contributed by atoms with Gasteiger partial charge in [0.15, 0.2) is 16.2 Å². The lowest BCUT2D eigenvalue weighted by molar-refractivity contribution is 0.171. The van der Waals surface area contributed by atoms with E-state index < -0.39 is 0 Å². The molecule has 1 unspecified atom stereocenters. The predicted octanol–water partition coefficient (Wildman–Crippen LogP) is 4.43. The fourth-order valence-corrected chi connectivity index (χ4v) is 2.84. The molecule has 6 heteroatoms. The van der Waals surface area contributed by atoms with Crippen LogP contribution in [0.2, 0.25) is 0 Å². The van der Waals surface area contributed by atoms with Crippen LogP contribution in [0.15, 0.2) is 37.8 Å². The first-order valence-electron chi connectivity index (χ1n) is 6.70. The van der Waals surface area contributed by atoms with Gasteiger partial charge in [-0.05, 0) is 62.5 Å². The number of hydrogen-bond acceptors (Lipinski definition) is 4. The van der Waals surface area contributed by atoms with E-state index in [0.29, 0.717) is 24.4 Å². The molecule has 0 radical (unpaired) electrons. The molecule has 4 nitrogen and oxygen atoms in total. The molecule has 1 aromatic carbocycles. The SMILES string of the molecule is CC(NCc1cc(Br)c(Br)o1)c1ccc2c(c1)OCCO2. The van der Waals surface area contributed by atoms with E-state index in [4.69, 9.17) is 13.9 Å². The minimum Gasteiger partial charge on any atom is -0.486 e. The summed E-state index contributed by atoms with van der Waals surface area (Å²) in [6.07, 6.45) is 0. The third kappa shape index (κ3) is 3.44. The molecule has 0 fully saturated rings. The number of halogens is 2. The third-order valence-electron chi connectivity index (χ3n) is 3.34. The highest BCUT2D eigenvalue weighted by Crippen LogP contribution is 2.33. The van der Waals surface area contributed by atoms with Crippen LogP contribution in [0.3, 0.4) is 0 Å². The van der Waals surface area contributed by atoms with E-state index >= 15 is 0 Å². The van der Waals surface area contributed by atoms with Crippen molar-refractivity contribution in [1.82, 2.24) is 5.32 Å². The molecular formula is C15H15Br2NO3. The van der Waals surface area contributed by atoms with Gasteiger partial charge in [-0.1, -0.05) is 6.07 Å². The second kappa shape index (κ2) is 6.42. The topological polar surface area (TPSA) is 43.6 Å². The van der Waals surface area contributed by atoms with E-state index in [1.54, 1.807) is 0 Å². The summed E-state index contributed by atoms with van der Waals surface area (Å²) >= 11 is 6.75. The van der Waals surface area contributed by atoms with Gasteiger partial charge in [0, 0.05) is 6.04 Å². The maximum atomic E-state index is 5.61. The zero-order valence-electron chi connectivity index (χ0n) is 11.5. The van der Waals surface area contributed by atoms with Crippen molar-refractivity contribution in [2.75, 3.05) is 13.2 Å². The van der Waals surface area contributed by atoms with Crippen molar-refractivity contribution < 1.29 is 13.9 Å². The van der Waals surface area contributed by atoms with Crippen molar-refractivity contribution in [2.45, 2.75) is 19.5 Å². The van der Waals surface area contributed by atoms with Gasteiger partial charge < -0.3 is 19.2 Å². The fraction of sp³-hybridized carbons (Fsp3) is 0.333. The average molecular weight is 417 g/mol. The van der Waals surface area contributed by atoms with Crippen LogP contribution in [-0.2, 0) is 6.54 Å². The third-order valence-corrected chi connectivity index (χ3v) is 5.06. The Kier molecular flexibility index (Phi) is 4.57. The molecule has 112 valence electrons. The molecule has 1 aromatic heterocycles. The van der Waals surface area contributed by atoms with E-state index in [1.807, 2.05) is 18.2 Å². The molecule has 0 saturated carbocycles. The maximum Gasteiger partial charge on any atom is 0.183 e. The van der Waals surface area contributed by atoms with Gasteiger partial charge in [-0.25, -0.2) is 0 Å². The van der Waals surface area contributed by atoms with Crippen LogP contribution in [0.4, 0.5) is 0 Å². The Bertz CT molecular complexity index is 622. The first-order valence-corrected chi connectivity index (χ1v) is 8.28. The minimum absolute atomic E-state index is 0.184. The molecule has 1 atom stereocenters. The minimum atomic E-state index is 0.184. The van der Waals surface area contributed by atoms with E-state index in [0.717, 1.165) is 27.3 Å². The zero-order valence-corrected chi connectivity index (χ0v) is 14.7. The van der Waals surface area contributed by atoms with Gasteiger partial charge in [-0.15, -0.1) is 0 Å². The molecule has 2 heterocycles. The molecule has 0 saturated heterocycles. The second-order valence-corrected chi connectivity index (χ2v) is 6.41. The lowest BCUT2D eigenvalue weighted by Gasteiger charge is -2.21. The molecule has 1 aliphatic rings. The monoisotopic (exact) mass is 415 g/mol. The molecule has 21 heavy (non-hydrogen) atoms. The molecule has 0 aliphatic carbocycles. The van der Waals surface area contributed by atoms with Crippen LogP contribution in [0.5, 0.6) is 11.5 Å². The smallest absolute Gasteiger partial charge is 0.183 e. The number of ether oxygens (including phenoxy) is 2. The Morgan fingerprint density at radius 3 is 2.62 bits per heavy atom. The molecule has 2 aromatic rings. The number of fused-ring (bicyclic) bond motifs is 1. The van der Waals surface area contributed by atoms with E-state index in [-0.39, 0.29) is 6.04 Å². The van der Waals surface area contributed by atoms with Gasteiger partial charge in [-0.3, -0.25) is 0 Å². The Hall–Kier alpha value is -0.980. The molecule has 0 amide bonds. The first-order chi connectivity index (χ1) is 10.1. The van der Waals surface area contributed by atoms with E-state index in [9.17, 15) is 0 Å². The van der Waals surface area contributed by atoms with Crippen molar-refractivity contribution in [2.24, 2.45) is 0 Å². The van der Waals surface area contributed by atoms with Gasteiger partial charge in [0.25, 0.3) is 0 Å². The standard InChI is InChI=1S/C15H15Br2NO3/c1-9(18-8-11-7-12(16)15(17)21-11)10-2-3-13-14(6-10)20-5-4-19-13/h2-3,6-7,9,18H,4-5,8H2,1H3. The Morgan fingerprint density at radius 2 is 1.90 bits per heavy atom. The van der Waals surface area contributed by atoms with Crippen molar-refractivity contribution >= 4 is 31.9 Å². The number of benzene rings is 1. The summed E-state index contributed by atoms with van der Waals surface area (Å²) in [5, 5.41) is 3.43. The number of furan rings is 1. The summed E-state index contributed by atoms with van der Waals surface area (Å²) in [7, 11) is 0. The largest absolute Gasteiger partial charge is 0.486 e. The summed E-state index contributed by atoms with van der Waals surface area (Å²) < 4.78 is 18.3. The van der Waals surface area contributed by atoms with Gasteiger partial charge in [-0.2, -0.15) is 0 Å². The molecular weight excluding hydrogens is 402 g/mol. The van der Waals surface area contributed by atoms with Crippen molar-refractivity contribution in [3.63, 3.8) is 0 Å². The highest BCUT2D eigenvalue weighted by molar-refractivity contribution is 9.13. The number of nitrogens with one attached hydrogen (secondary N) is 1. The van der Waals surface area contributed by atoms with Crippen LogP contribution < -0.4 is 14.8 Å². The number of hydrogen-bond donors (Lipinski definition) is 1. The second-order valence-electron chi connectivity index (χ2n) is 4.84. The maximum absolute atomic E-state index is 5.61. The summed E-state index contributed by atoms with van der Waals surface area (Å²) in [6.45, 7) is 3.98. The molecule has 3 rings (SSSR count). The first kappa shape index (κ1) is 14.9. The average Bonchev–Trinajstić information content (AvgIpc) is 2.83. The quantitative estimate of drug-likeness (QED) is 0.800. The lowest BCUT2D eigenvalue weighted by atomic mass is 10.1.